The van der Waals surface area contributed by atoms with Crippen LogP contribution in [0.25, 0.3) is 0 Å². The Morgan fingerprint density at radius 3 is 2.82 bits per heavy atom. The average Bonchev–Trinajstić information content (AvgIpc) is 3.16. The number of rotatable bonds is 3. The summed E-state index contributed by atoms with van der Waals surface area (Å²) in [5.74, 6) is 0.135. The smallest absolute Gasteiger partial charge is 0.227 e. The van der Waals surface area contributed by atoms with Crippen molar-refractivity contribution in [3.05, 3.63) is 53.3 Å². The molecule has 1 aromatic carbocycles. The van der Waals surface area contributed by atoms with Gasteiger partial charge in [0.25, 0.3) is 0 Å². The lowest BCUT2D eigenvalue weighted by atomic mass is 10.1. The summed E-state index contributed by atoms with van der Waals surface area (Å²) < 4.78 is 1.77. The van der Waals surface area contributed by atoms with Crippen LogP contribution in [0.15, 0.2) is 36.7 Å². The molecule has 22 heavy (non-hydrogen) atoms. The van der Waals surface area contributed by atoms with Crippen molar-refractivity contribution in [1.82, 2.24) is 14.7 Å². The van der Waals surface area contributed by atoms with Crippen LogP contribution in [-0.4, -0.2) is 27.1 Å². The number of hydrogen-bond acceptors (Lipinski definition) is 3. The Labute approximate surface area is 129 Å². The molecule has 1 atom stereocenters. The topological polar surface area (TPSA) is 61.9 Å². The zero-order valence-corrected chi connectivity index (χ0v) is 12.6. The fraction of sp³-hybridized carbons (Fsp3) is 0.353. The number of nitrogens with zero attached hydrogens (tertiary/aromatic N) is 4. The number of nitriles is 1. The number of hydrogen-bond donors (Lipinski definition) is 0. The minimum absolute atomic E-state index is 0.135. The normalized spacial score (nSPS) is 17.5. The summed E-state index contributed by atoms with van der Waals surface area (Å²) in [7, 11) is 1.89. The van der Waals surface area contributed by atoms with Gasteiger partial charge >= 0.3 is 0 Å². The molecule has 3 rings (SSSR count). The van der Waals surface area contributed by atoms with Gasteiger partial charge in [-0.15, -0.1) is 0 Å². The second-order valence-corrected chi connectivity index (χ2v) is 5.68. The zero-order chi connectivity index (χ0) is 15.5. The molecule has 1 fully saturated rings. The maximum atomic E-state index is 12.6. The zero-order valence-electron chi connectivity index (χ0n) is 12.6. The Hall–Kier alpha value is -2.61. The molecule has 1 aliphatic rings. The Kier molecular flexibility index (Phi) is 3.92. The number of carbonyl (C=O) groups is 1. The fourth-order valence-electron chi connectivity index (χ4n) is 3.00. The summed E-state index contributed by atoms with van der Waals surface area (Å²) >= 11 is 0. The van der Waals surface area contributed by atoms with Crippen LogP contribution in [-0.2, 0) is 18.3 Å². The minimum Gasteiger partial charge on any atom is -0.335 e. The van der Waals surface area contributed by atoms with E-state index in [1.165, 1.54) is 0 Å². The standard InChI is InChI=1S/C17H18N4O/c1-20-12-15(11-19-20)16-3-2-8-21(16)17(22)9-13-4-6-14(10-18)7-5-13/h4-7,11-12,16H,2-3,8-9H2,1H3/t16-/m1/s1. The molecule has 112 valence electrons. The van der Waals surface area contributed by atoms with Crippen molar-refractivity contribution in [2.45, 2.75) is 25.3 Å². The Morgan fingerprint density at radius 2 is 2.18 bits per heavy atom. The van der Waals surface area contributed by atoms with E-state index < -0.39 is 0 Å². The molecule has 0 radical (unpaired) electrons. The highest BCUT2D eigenvalue weighted by Crippen LogP contribution is 2.32. The molecular formula is C17H18N4O. The molecule has 0 saturated carbocycles. The van der Waals surface area contributed by atoms with Crippen LogP contribution in [0.3, 0.4) is 0 Å². The predicted octanol–water partition coefficient (Wildman–Crippen LogP) is 2.20. The Balaban J connectivity index is 1.72. The third-order valence-electron chi connectivity index (χ3n) is 4.12. The van der Waals surface area contributed by atoms with Crippen molar-refractivity contribution in [2.24, 2.45) is 7.05 Å². The molecule has 0 aliphatic carbocycles. The highest BCUT2D eigenvalue weighted by Gasteiger charge is 2.30. The molecule has 1 aliphatic heterocycles. The van der Waals surface area contributed by atoms with Crippen LogP contribution in [0.2, 0.25) is 0 Å². The van der Waals surface area contributed by atoms with Gasteiger partial charge in [0.05, 0.1) is 30.3 Å². The van der Waals surface area contributed by atoms with E-state index in [0.29, 0.717) is 12.0 Å². The van der Waals surface area contributed by atoms with Crippen molar-refractivity contribution < 1.29 is 4.79 Å². The van der Waals surface area contributed by atoms with Crippen molar-refractivity contribution in [3.8, 4) is 6.07 Å². The van der Waals surface area contributed by atoms with Gasteiger partial charge in [0, 0.05) is 25.4 Å². The van der Waals surface area contributed by atoms with Gasteiger partial charge < -0.3 is 4.90 Å². The second-order valence-electron chi connectivity index (χ2n) is 5.68. The third kappa shape index (κ3) is 2.86. The van der Waals surface area contributed by atoms with E-state index in [0.717, 1.165) is 30.5 Å². The first kappa shape index (κ1) is 14.3. The van der Waals surface area contributed by atoms with Gasteiger partial charge in [0.2, 0.25) is 5.91 Å². The first-order valence-electron chi connectivity index (χ1n) is 7.44. The van der Waals surface area contributed by atoms with Gasteiger partial charge in [-0.25, -0.2) is 0 Å². The number of benzene rings is 1. The maximum absolute atomic E-state index is 12.6. The van der Waals surface area contributed by atoms with E-state index in [2.05, 4.69) is 11.2 Å². The quantitative estimate of drug-likeness (QED) is 0.872. The molecule has 1 aromatic heterocycles. The Morgan fingerprint density at radius 1 is 1.41 bits per heavy atom. The molecule has 0 unspecified atom stereocenters. The van der Waals surface area contributed by atoms with Crippen LogP contribution in [0, 0.1) is 11.3 Å². The lowest BCUT2D eigenvalue weighted by molar-refractivity contribution is -0.131. The molecule has 0 bridgehead atoms. The van der Waals surface area contributed by atoms with Crippen molar-refractivity contribution in [1.29, 1.82) is 5.26 Å². The predicted molar refractivity (Wildman–Crippen MR) is 81.8 cm³/mol. The summed E-state index contributed by atoms with van der Waals surface area (Å²) in [6.07, 6.45) is 6.22. The summed E-state index contributed by atoms with van der Waals surface area (Å²) in [5.41, 5.74) is 2.67. The molecule has 1 saturated heterocycles. The number of aromatic nitrogens is 2. The average molecular weight is 294 g/mol. The van der Waals surface area contributed by atoms with Crippen LogP contribution < -0.4 is 0 Å². The first-order valence-corrected chi connectivity index (χ1v) is 7.44. The lowest BCUT2D eigenvalue weighted by Crippen LogP contribution is -2.31. The summed E-state index contributed by atoms with van der Waals surface area (Å²) in [6, 6.07) is 9.44. The molecule has 2 heterocycles. The van der Waals surface area contributed by atoms with Crippen LogP contribution in [0.5, 0.6) is 0 Å². The van der Waals surface area contributed by atoms with Gasteiger partial charge in [0.15, 0.2) is 0 Å². The number of carbonyl (C=O) groups excluding carboxylic acids is 1. The summed E-state index contributed by atoms with van der Waals surface area (Å²) in [4.78, 5) is 14.5. The minimum atomic E-state index is 0.135. The van der Waals surface area contributed by atoms with Crippen molar-refractivity contribution >= 4 is 5.91 Å². The third-order valence-corrected chi connectivity index (χ3v) is 4.12. The summed E-state index contributed by atoms with van der Waals surface area (Å²) in [6.45, 7) is 0.800. The van der Waals surface area contributed by atoms with Crippen LogP contribution in [0.4, 0.5) is 0 Å². The second kappa shape index (κ2) is 6.02. The van der Waals surface area contributed by atoms with E-state index in [9.17, 15) is 4.79 Å². The van der Waals surface area contributed by atoms with Gasteiger partial charge in [-0.1, -0.05) is 12.1 Å². The number of amides is 1. The highest BCUT2D eigenvalue weighted by atomic mass is 16.2. The molecule has 2 aromatic rings. The van der Waals surface area contributed by atoms with E-state index in [4.69, 9.17) is 5.26 Å². The highest BCUT2D eigenvalue weighted by molar-refractivity contribution is 5.79. The van der Waals surface area contributed by atoms with E-state index >= 15 is 0 Å². The van der Waals surface area contributed by atoms with Crippen LogP contribution in [0.1, 0.15) is 35.6 Å². The van der Waals surface area contributed by atoms with Crippen molar-refractivity contribution in [2.75, 3.05) is 6.54 Å². The van der Waals surface area contributed by atoms with Crippen molar-refractivity contribution in [3.63, 3.8) is 0 Å². The van der Waals surface area contributed by atoms with Gasteiger partial charge in [0.1, 0.15) is 0 Å². The van der Waals surface area contributed by atoms with Gasteiger partial charge in [-0.3, -0.25) is 9.48 Å². The molecule has 5 nitrogen and oxygen atoms in total. The Bertz CT molecular complexity index is 711. The largest absolute Gasteiger partial charge is 0.335 e. The SMILES string of the molecule is Cn1cc([C@H]2CCCN2C(=O)Cc2ccc(C#N)cc2)cn1. The van der Waals surface area contributed by atoms with E-state index in [1.807, 2.05) is 36.5 Å². The monoisotopic (exact) mass is 294 g/mol. The molecule has 0 spiro atoms. The lowest BCUT2D eigenvalue weighted by Gasteiger charge is -2.24. The maximum Gasteiger partial charge on any atom is 0.227 e. The molecule has 0 N–H and O–H groups in total. The van der Waals surface area contributed by atoms with Crippen LogP contribution >= 0.6 is 0 Å². The van der Waals surface area contributed by atoms with E-state index in [-0.39, 0.29) is 11.9 Å². The number of likely N-dealkylation sites (tertiary alicyclic amines) is 1. The van der Waals surface area contributed by atoms with Gasteiger partial charge in [-0.05, 0) is 30.5 Å². The summed E-state index contributed by atoms with van der Waals surface area (Å²) in [5, 5.41) is 13.0. The molecule has 1 amide bonds. The first-order chi connectivity index (χ1) is 10.7. The fourth-order valence-corrected chi connectivity index (χ4v) is 3.00. The molecule has 5 heteroatoms. The molecular weight excluding hydrogens is 276 g/mol. The van der Waals surface area contributed by atoms with Gasteiger partial charge in [-0.2, -0.15) is 10.4 Å². The van der Waals surface area contributed by atoms with E-state index in [1.54, 1.807) is 16.8 Å². The number of aryl methyl sites for hydroxylation is 1.